The van der Waals surface area contributed by atoms with Crippen molar-refractivity contribution in [1.29, 1.82) is 0 Å². The van der Waals surface area contributed by atoms with E-state index in [0.29, 0.717) is 0 Å². The van der Waals surface area contributed by atoms with Gasteiger partial charge in [-0.25, -0.2) is 4.79 Å². The first-order chi connectivity index (χ1) is 7.68. The molecule has 16 heavy (non-hydrogen) atoms. The Balaban J connectivity index is 2.18. The molecule has 0 radical (unpaired) electrons. The normalized spacial score (nSPS) is 9.31. The van der Waals surface area contributed by atoms with E-state index in [1.807, 2.05) is 30.3 Å². The number of ether oxygens (including phenoxy) is 2. The molecule has 0 aliphatic rings. The van der Waals surface area contributed by atoms with E-state index in [9.17, 15) is 9.59 Å². The van der Waals surface area contributed by atoms with Gasteiger partial charge in [-0.1, -0.05) is 30.3 Å². The van der Waals surface area contributed by atoms with Crippen molar-refractivity contribution in [3.63, 3.8) is 0 Å². The van der Waals surface area contributed by atoms with Crippen molar-refractivity contribution in [2.45, 2.75) is 13.5 Å². The molecule has 0 bridgehead atoms. The Bertz CT molecular complexity index is 350. The molecule has 1 aromatic rings. The van der Waals surface area contributed by atoms with Gasteiger partial charge in [0, 0.05) is 6.92 Å². The Morgan fingerprint density at radius 3 is 2.50 bits per heavy atom. The molecule has 0 unspecified atom stereocenters. The Kier molecular flexibility index (Phi) is 4.85. The van der Waals surface area contributed by atoms with Gasteiger partial charge in [-0.2, -0.15) is 0 Å². The summed E-state index contributed by atoms with van der Waals surface area (Å²) >= 11 is 0. The molecule has 0 aromatic heterocycles. The molecule has 5 nitrogen and oxygen atoms in total. The molecule has 86 valence electrons. The minimum absolute atomic E-state index is 0.178. The van der Waals surface area contributed by atoms with Crippen LogP contribution in [0.2, 0.25) is 0 Å². The third kappa shape index (κ3) is 4.99. The van der Waals surface area contributed by atoms with E-state index < -0.39 is 12.1 Å². The number of hydrogen-bond acceptors (Lipinski definition) is 4. The van der Waals surface area contributed by atoms with E-state index in [2.05, 4.69) is 10.1 Å². The number of amides is 1. The second-order valence-electron chi connectivity index (χ2n) is 3.02. The molecule has 1 N–H and O–H groups in total. The lowest BCUT2D eigenvalue weighted by atomic mass is 10.2. The van der Waals surface area contributed by atoms with E-state index in [1.54, 1.807) is 0 Å². The van der Waals surface area contributed by atoms with E-state index in [-0.39, 0.29) is 13.3 Å². The predicted molar refractivity (Wildman–Crippen MR) is 56.4 cm³/mol. The molecule has 0 saturated heterocycles. The lowest BCUT2D eigenvalue weighted by Crippen LogP contribution is -2.27. The van der Waals surface area contributed by atoms with E-state index >= 15 is 0 Å². The van der Waals surface area contributed by atoms with Gasteiger partial charge in [0.05, 0.1) is 0 Å². The first-order valence-corrected chi connectivity index (χ1v) is 4.76. The zero-order chi connectivity index (χ0) is 11.8. The van der Waals surface area contributed by atoms with Gasteiger partial charge in [-0.3, -0.25) is 10.1 Å². The van der Waals surface area contributed by atoms with Crippen LogP contribution in [0, 0.1) is 0 Å². The molecule has 1 aromatic carbocycles. The molecule has 0 spiro atoms. The summed E-state index contributed by atoms with van der Waals surface area (Å²) in [6, 6.07) is 9.29. The van der Waals surface area contributed by atoms with Gasteiger partial charge in [0.2, 0.25) is 0 Å². The van der Waals surface area contributed by atoms with Crippen LogP contribution in [0.1, 0.15) is 12.5 Å². The molecular formula is C11H13NO4. The maximum atomic E-state index is 11.1. The number of carbonyl (C=O) groups is 2. The molecular weight excluding hydrogens is 210 g/mol. The molecule has 1 amide bonds. The summed E-state index contributed by atoms with van der Waals surface area (Å²) in [6.45, 7) is 1.27. The highest BCUT2D eigenvalue weighted by Gasteiger charge is 2.02. The van der Waals surface area contributed by atoms with Crippen LogP contribution in [0.25, 0.3) is 0 Å². The van der Waals surface area contributed by atoms with Gasteiger partial charge in [-0.05, 0) is 5.56 Å². The minimum atomic E-state index is -0.620. The van der Waals surface area contributed by atoms with Crippen LogP contribution >= 0.6 is 0 Å². The Labute approximate surface area is 93.4 Å². The van der Waals surface area contributed by atoms with Crippen LogP contribution in [0.4, 0.5) is 4.79 Å². The van der Waals surface area contributed by atoms with Crippen molar-refractivity contribution in [3.8, 4) is 0 Å². The Morgan fingerprint density at radius 1 is 1.19 bits per heavy atom. The lowest BCUT2D eigenvalue weighted by Gasteiger charge is -2.06. The van der Waals surface area contributed by atoms with E-state index in [0.717, 1.165) is 5.56 Å². The van der Waals surface area contributed by atoms with Crippen LogP contribution in [-0.2, 0) is 20.9 Å². The second-order valence-corrected chi connectivity index (χ2v) is 3.02. The monoisotopic (exact) mass is 223 g/mol. The van der Waals surface area contributed by atoms with Crippen molar-refractivity contribution in [2.75, 3.05) is 6.73 Å². The fourth-order valence-corrected chi connectivity index (χ4v) is 0.971. The van der Waals surface area contributed by atoms with Gasteiger partial charge in [0.15, 0.2) is 6.73 Å². The van der Waals surface area contributed by atoms with Crippen LogP contribution < -0.4 is 5.32 Å². The SMILES string of the molecule is CC(=O)OCNC(=O)OCc1ccccc1. The van der Waals surface area contributed by atoms with Crippen LogP contribution in [0.3, 0.4) is 0 Å². The molecule has 0 heterocycles. The van der Waals surface area contributed by atoms with E-state index in [1.165, 1.54) is 6.92 Å². The van der Waals surface area contributed by atoms with Crippen LogP contribution in [0.15, 0.2) is 30.3 Å². The highest BCUT2D eigenvalue weighted by atomic mass is 16.6. The Hall–Kier alpha value is -2.04. The van der Waals surface area contributed by atoms with Gasteiger partial charge >= 0.3 is 12.1 Å². The topological polar surface area (TPSA) is 64.6 Å². The molecule has 0 aliphatic heterocycles. The summed E-state index contributed by atoms with van der Waals surface area (Å²) in [6.07, 6.45) is -0.620. The summed E-state index contributed by atoms with van der Waals surface area (Å²) in [5.41, 5.74) is 0.894. The first kappa shape index (κ1) is 12.0. The largest absolute Gasteiger partial charge is 0.445 e. The van der Waals surface area contributed by atoms with Gasteiger partial charge < -0.3 is 9.47 Å². The van der Waals surface area contributed by atoms with Gasteiger partial charge in [0.1, 0.15) is 6.61 Å². The zero-order valence-corrected chi connectivity index (χ0v) is 8.93. The number of alkyl carbamates (subject to hydrolysis) is 1. The molecule has 5 heteroatoms. The fraction of sp³-hybridized carbons (Fsp3) is 0.273. The average Bonchev–Trinajstić information content (AvgIpc) is 2.27. The lowest BCUT2D eigenvalue weighted by molar-refractivity contribution is -0.141. The number of carbonyl (C=O) groups excluding carboxylic acids is 2. The molecule has 0 fully saturated rings. The number of esters is 1. The summed E-state index contributed by atoms with van der Waals surface area (Å²) in [5.74, 6) is -0.455. The third-order valence-electron chi connectivity index (χ3n) is 1.70. The third-order valence-corrected chi connectivity index (χ3v) is 1.70. The van der Waals surface area contributed by atoms with E-state index in [4.69, 9.17) is 4.74 Å². The number of nitrogens with one attached hydrogen (secondary N) is 1. The minimum Gasteiger partial charge on any atom is -0.445 e. The van der Waals surface area contributed by atoms with Crippen molar-refractivity contribution in [1.82, 2.24) is 5.32 Å². The van der Waals surface area contributed by atoms with Gasteiger partial charge in [0.25, 0.3) is 0 Å². The highest BCUT2D eigenvalue weighted by Crippen LogP contribution is 2.00. The summed E-state index contributed by atoms with van der Waals surface area (Å²) in [7, 11) is 0. The number of benzene rings is 1. The Morgan fingerprint density at radius 2 is 1.88 bits per heavy atom. The molecule has 0 atom stereocenters. The van der Waals surface area contributed by atoms with Gasteiger partial charge in [-0.15, -0.1) is 0 Å². The summed E-state index contributed by atoms with van der Waals surface area (Å²) in [5, 5.41) is 2.28. The molecule has 1 rings (SSSR count). The quantitative estimate of drug-likeness (QED) is 0.619. The molecule has 0 aliphatic carbocycles. The maximum Gasteiger partial charge on any atom is 0.410 e. The number of rotatable bonds is 4. The molecule has 0 saturated carbocycles. The zero-order valence-electron chi connectivity index (χ0n) is 8.93. The summed E-state index contributed by atoms with van der Waals surface area (Å²) in [4.78, 5) is 21.5. The average molecular weight is 223 g/mol. The highest BCUT2D eigenvalue weighted by molar-refractivity contribution is 5.68. The van der Waals surface area contributed by atoms with Crippen molar-refractivity contribution in [2.24, 2.45) is 0 Å². The van der Waals surface area contributed by atoms with Crippen LogP contribution in [0.5, 0.6) is 0 Å². The summed E-state index contributed by atoms with van der Waals surface area (Å²) < 4.78 is 9.38. The van der Waals surface area contributed by atoms with Crippen molar-refractivity contribution in [3.05, 3.63) is 35.9 Å². The standard InChI is InChI=1S/C11H13NO4/c1-9(13)16-8-12-11(14)15-7-10-5-3-2-4-6-10/h2-6H,7-8H2,1H3,(H,12,14). The fourth-order valence-electron chi connectivity index (χ4n) is 0.971. The number of hydrogen-bond donors (Lipinski definition) is 1. The second kappa shape index (κ2) is 6.44. The maximum absolute atomic E-state index is 11.1. The van der Waals surface area contributed by atoms with Crippen molar-refractivity contribution < 1.29 is 19.1 Å². The predicted octanol–water partition coefficient (Wildman–Crippen LogP) is 1.43. The smallest absolute Gasteiger partial charge is 0.410 e. The first-order valence-electron chi connectivity index (χ1n) is 4.76. The van der Waals surface area contributed by atoms with Crippen LogP contribution in [-0.4, -0.2) is 18.8 Å². The van der Waals surface area contributed by atoms with Crippen molar-refractivity contribution >= 4 is 12.1 Å².